The van der Waals surface area contributed by atoms with E-state index < -0.39 is 0 Å². The highest BCUT2D eigenvalue weighted by atomic mass is 16.1. The molecule has 6 N–H and O–H groups in total. The van der Waals surface area contributed by atoms with E-state index in [1.165, 1.54) is 27.7 Å². The third-order valence-electron chi connectivity index (χ3n) is 0. The zero-order valence-electron chi connectivity index (χ0n) is 7.23. The van der Waals surface area contributed by atoms with Crippen LogP contribution in [0.15, 0.2) is 0 Å². The first-order valence-electron chi connectivity index (χ1n) is 2.41. The Balaban J connectivity index is -0.0000000300. The lowest BCUT2D eigenvalue weighted by Gasteiger charge is -1.56. The van der Waals surface area contributed by atoms with E-state index in [0.29, 0.717) is 0 Å². The Bertz CT molecular complexity index is 71.7. The number of hydrogen-bond donors (Lipinski definition) is 2. The highest BCUT2D eigenvalue weighted by Gasteiger charge is 1.62. The van der Waals surface area contributed by atoms with Crippen LogP contribution in [-0.4, -0.2) is 11.6 Å². The van der Waals surface area contributed by atoms with E-state index in [2.05, 4.69) is 0 Å². The standard InChI is InChI=1S/2C3H6O.2H3N/c2*1-3(2)4;;/h2*1-2H3;2*1H3. The quantitative estimate of drug-likeness (QED) is 0.546. The highest BCUT2D eigenvalue weighted by molar-refractivity contribution is 5.72. The minimum Gasteiger partial charge on any atom is -0.344 e. The number of hydrogen-bond acceptors (Lipinski definition) is 4. The summed E-state index contributed by atoms with van der Waals surface area (Å²) in [4.78, 5) is 18.9. The van der Waals surface area contributed by atoms with Crippen LogP contribution in [0.4, 0.5) is 0 Å². The highest BCUT2D eigenvalue weighted by Crippen LogP contribution is 1.50. The fourth-order valence-corrected chi connectivity index (χ4v) is 0. The second-order valence-corrected chi connectivity index (χ2v) is 1.82. The van der Waals surface area contributed by atoms with Gasteiger partial charge in [0.15, 0.2) is 0 Å². The Morgan fingerprint density at radius 3 is 0.700 bits per heavy atom. The van der Waals surface area contributed by atoms with E-state index in [0.717, 1.165) is 0 Å². The summed E-state index contributed by atoms with van der Waals surface area (Å²) in [5, 5.41) is 0. The summed E-state index contributed by atoms with van der Waals surface area (Å²) in [5.41, 5.74) is 0. The second-order valence-electron chi connectivity index (χ2n) is 1.82. The summed E-state index contributed by atoms with van der Waals surface area (Å²) in [7, 11) is 0. The third-order valence-corrected chi connectivity index (χ3v) is 0. The molecule has 0 radical (unpaired) electrons. The zero-order valence-corrected chi connectivity index (χ0v) is 7.23. The van der Waals surface area contributed by atoms with E-state index in [-0.39, 0.29) is 23.9 Å². The van der Waals surface area contributed by atoms with Gasteiger partial charge in [0.2, 0.25) is 0 Å². The lowest BCUT2D eigenvalue weighted by Crippen LogP contribution is -1.69. The maximum atomic E-state index is 9.44. The van der Waals surface area contributed by atoms with Crippen LogP contribution >= 0.6 is 0 Å². The molecule has 0 aliphatic carbocycles. The van der Waals surface area contributed by atoms with Crippen LogP contribution < -0.4 is 12.3 Å². The Hall–Kier alpha value is -0.740. The molecular weight excluding hydrogens is 132 g/mol. The van der Waals surface area contributed by atoms with E-state index >= 15 is 0 Å². The summed E-state index contributed by atoms with van der Waals surface area (Å²) in [6.45, 7) is 6.11. The van der Waals surface area contributed by atoms with Gasteiger partial charge in [0, 0.05) is 0 Å². The molecule has 64 valence electrons. The summed E-state index contributed by atoms with van der Waals surface area (Å²) < 4.78 is 0. The van der Waals surface area contributed by atoms with E-state index in [1.54, 1.807) is 0 Å². The number of rotatable bonds is 0. The van der Waals surface area contributed by atoms with E-state index in [9.17, 15) is 9.59 Å². The van der Waals surface area contributed by atoms with Gasteiger partial charge in [-0.05, 0) is 27.7 Å². The van der Waals surface area contributed by atoms with Crippen LogP contribution in [-0.2, 0) is 9.59 Å². The molecule has 0 aromatic heterocycles. The van der Waals surface area contributed by atoms with E-state index in [1.807, 2.05) is 0 Å². The monoisotopic (exact) mass is 150 g/mol. The summed E-state index contributed by atoms with van der Waals surface area (Å²) in [6.07, 6.45) is 0. The van der Waals surface area contributed by atoms with Crippen molar-refractivity contribution in [2.24, 2.45) is 0 Å². The Morgan fingerprint density at radius 2 is 0.700 bits per heavy atom. The van der Waals surface area contributed by atoms with Gasteiger partial charge in [0.05, 0.1) is 0 Å². The Kier molecular flexibility index (Phi) is 35.9. The van der Waals surface area contributed by atoms with Gasteiger partial charge in [-0.15, -0.1) is 0 Å². The minimum absolute atomic E-state index is 0. The number of carbonyl (C=O) groups is 2. The SMILES string of the molecule is CC(C)=O.CC(C)=O.N.N. The van der Waals surface area contributed by atoms with Gasteiger partial charge in [-0.2, -0.15) is 0 Å². The van der Waals surface area contributed by atoms with Crippen LogP contribution in [0, 0.1) is 0 Å². The first-order chi connectivity index (χ1) is 3.46. The van der Waals surface area contributed by atoms with Crippen molar-refractivity contribution >= 4 is 11.6 Å². The average Bonchev–Trinajstić information content (AvgIpc) is 1.25. The first-order valence-corrected chi connectivity index (χ1v) is 2.41. The molecule has 0 aromatic rings. The Labute approximate surface area is 62.2 Å². The molecular formula is C6H18N2O2. The normalized spacial score (nSPS) is 5.20. The molecule has 0 heterocycles. The molecule has 4 heteroatoms. The molecule has 0 bridgehead atoms. The molecule has 0 aliphatic heterocycles. The van der Waals surface area contributed by atoms with Crippen LogP contribution in [0.1, 0.15) is 27.7 Å². The molecule has 0 fully saturated rings. The maximum absolute atomic E-state index is 9.44. The molecule has 0 saturated heterocycles. The molecule has 10 heavy (non-hydrogen) atoms. The molecule has 0 spiro atoms. The zero-order chi connectivity index (χ0) is 7.15. The van der Waals surface area contributed by atoms with Crippen LogP contribution in [0.25, 0.3) is 0 Å². The van der Waals surface area contributed by atoms with Crippen LogP contribution in [0.3, 0.4) is 0 Å². The summed E-state index contributed by atoms with van der Waals surface area (Å²) in [6, 6.07) is 0. The second kappa shape index (κ2) is 15.7. The number of carbonyl (C=O) groups excluding carboxylic acids is 2. The molecule has 0 saturated carbocycles. The lowest BCUT2D eigenvalue weighted by atomic mass is 10.6. The summed E-state index contributed by atoms with van der Waals surface area (Å²) in [5.74, 6) is 0.333. The van der Waals surface area contributed by atoms with E-state index in [4.69, 9.17) is 0 Å². The summed E-state index contributed by atoms with van der Waals surface area (Å²) >= 11 is 0. The fourth-order valence-electron chi connectivity index (χ4n) is 0. The predicted octanol–water partition coefficient (Wildman–Crippen LogP) is 1.51. The molecule has 0 unspecified atom stereocenters. The molecule has 0 aliphatic rings. The van der Waals surface area contributed by atoms with Gasteiger partial charge in [-0.1, -0.05) is 0 Å². The smallest absolute Gasteiger partial charge is 0.126 e. The molecule has 0 rings (SSSR count). The minimum atomic E-state index is 0. The van der Waals surface area contributed by atoms with Crippen LogP contribution in [0.2, 0.25) is 0 Å². The molecule has 0 aromatic carbocycles. The van der Waals surface area contributed by atoms with Gasteiger partial charge < -0.3 is 21.9 Å². The van der Waals surface area contributed by atoms with Gasteiger partial charge in [0.1, 0.15) is 11.6 Å². The Morgan fingerprint density at radius 1 is 0.700 bits per heavy atom. The van der Waals surface area contributed by atoms with Gasteiger partial charge >= 0.3 is 0 Å². The predicted molar refractivity (Wildman–Crippen MR) is 42.8 cm³/mol. The third kappa shape index (κ3) is 520. The maximum Gasteiger partial charge on any atom is 0.126 e. The lowest BCUT2D eigenvalue weighted by molar-refractivity contribution is -0.115. The van der Waals surface area contributed by atoms with Crippen molar-refractivity contribution in [2.45, 2.75) is 27.7 Å². The van der Waals surface area contributed by atoms with Crippen molar-refractivity contribution in [1.82, 2.24) is 12.3 Å². The van der Waals surface area contributed by atoms with Crippen molar-refractivity contribution in [3.8, 4) is 0 Å². The molecule has 4 nitrogen and oxygen atoms in total. The first kappa shape index (κ1) is 22.8. The molecule has 0 atom stereocenters. The largest absolute Gasteiger partial charge is 0.344 e. The van der Waals surface area contributed by atoms with Crippen molar-refractivity contribution in [3.05, 3.63) is 0 Å². The topological polar surface area (TPSA) is 104 Å². The average molecular weight is 150 g/mol. The van der Waals surface area contributed by atoms with Crippen LogP contribution in [0.5, 0.6) is 0 Å². The fraction of sp³-hybridized carbons (Fsp3) is 0.667. The number of ketones is 2. The van der Waals surface area contributed by atoms with Crippen molar-refractivity contribution < 1.29 is 9.59 Å². The van der Waals surface area contributed by atoms with Crippen molar-refractivity contribution in [2.75, 3.05) is 0 Å². The van der Waals surface area contributed by atoms with Crippen molar-refractivity contribution in [1.29, 1.82) is 0 Å². The van der Waals surface area contributed by atoms with Crippen molar-refractivity contribution in [3.63, 3.8) is 0 Å². The number of Topliss-reactive ketones (excluding diaryl/α,β-unsaturated/α-hetero) is 2. The molecule has 0 amide bonds. The van der Waals surface area contributed by atoms with Gasteiger partial charge in [-0.3, -0.25) is 0 Å². The van der Waals surface area contributed by atoms with Gasteiger partial charge in [0.25, 0.3) is 0 Å². The van der Waals surface area contributed by atoms with Gasteiger partial charge in [-0.25, -0.2) is 0 Å².